The summed E-state index contributed by atoms with van der Waals surface area (Å²) in [4.78, 5) is 21.5. The molecule has 6 heteroatoms. The zero-order chi connectivity index (χ0) is 14.3. The maximum absolute atomic E-state index is 12.0. The summed E-state index contributed by atoms with van der Waals surface area (Å²) in [7, 11) is 0. The van der Waals surface area contributed by atoms with Gasteiger partial charge in [0.15, 0.2) is 0 Å². The van der Waals surface area contributed by atoms with Crippen LogP contribution in [0.2, 0.25) is 5.09 Å². The van der Waals surface area contributed by atoms with E-state index in [1.807, 2.05) is 13.8 Å². The van der Waals surface area contributed by atoms with Crippen LogP contribution < -0.4 is 0 Å². The second-order valence-corrected chi connectivity index (χ2v) is 5.93. The normalized spacial score (nSPS) is 9.95. The van der Waals surface area contributed by atoms with Gasteiger partial charge in [-0.25, -0.2) is 9.97 Å². The molecule has 0 radical (unpaired) electrons. The molecule has 0 unspecified atom stereocenters. The van der Waals surface area contributed by atoms with Crippen molar-refractivity contribution in [3.8, 4) is 0 Å². The summed E-state index contributed by atoms with van der Waals surface area (Å²) in [5.74, 6) is 0.0463. The molecule has 0 aliphatic carbocycles. The van der Waals surface area contributed by atoms with Gasteiger partial charge in [-0.3, -0.25) is 4.79 Å². The fraction of sp³-hybridized carbons (Fsp3) is 0.462. The summed E-state index contributed by atoms with van der Waals surface area (Å²) in [6.45, 7) is 5.91. The van der Waals surface area contributed by atoms with E-state index >= 15 is 0 Å². The SMILES string of the molecule is Cc1ncsc1C(=O)c1scnc1C.[Li][CH2]CCC. The fourth-order valence-corrected chi connectivity index (χ4v) is 3.06. The molecule has 0 spiro atoms. The first-order valence-corrected chi connectivity index (χ1v) is 8.22. The molecule has 0 fully saturated rings. The molecule has 0 N–H and O–H groups in total. The minimum absolute atomic E-state index is 0.0463. The zero-order valence-electron chi connectivity index (χ0n) is 11.9. The summed E-state index contributed by atoms with van der Waals surface area (Å²) in [6.07, 6.45) is 2.73. The Morgan fingerprint density at radius 1 is 1.16 bits per heavy atom. The van der Waals surface area contributed by atoms with E-state index in [4.69, 9.17) is 0 Å². The third-order valence-corrected chi connectivity index (χ3v) is 4.47. The molecule has 0 bridgehead atoms. The van der Waals surface area contributed by atoms with Crippen LogP contribution in [0.1, 0.15) is 45.7 Å². The number of hydrogen-bond acceptors (Lipinski definition) is 5. The van der Waals surface area contributed by atoms with Crippen molar-refractivity contribution in [3.63, 3.8) is 0 Å². The van der Waals surface area contributed by atoms with E-state index in [0.29, 0.717) is 0 Å². The number of unbranched alkanes of at least 4 members (excludes halogenated alkanes) is 1. The second kappa shape index (κ2) is 8.65. The van der Waals surface area contributed by atoms with Crippen LogP contribution in [-0.2, 0) is 0 Å². The van der Waals surface area contributed by atoms with Gasteiger partial charge in [-0.15, -0.1) is 22.7 Å². The molecule has 2 aromatic rings. The third kappa shape index (κ3) is 4.85. The third-order valence-electron chi connectivity index (χ3n) is 2.61. The Balaban J connectivity index is 0.000000312. The van der Waals surface area contributed by atoms with E-state index in [2.05, 4.69) is 34.6 Å². The summed E-state index contributed by atoms with van der Waals surface area (Å²) in [5, 5.41) is 1.34. The van der Waals surface area contributed by atoms with Gasteiger partial charge in [-0.05, 0) is 13.8 Å². The van der Waals surface area contributed by atoms with Gasteiger partial charge in [0.25, 0.3) is 0 Å². The first-order valence-electron chi connectivity index (χ1n) is 6.46. The van der Waals surface area contributed by atoms with Gasteiger partial charge in [0.05, 0.1) is 32.2 Å². The predicted octanol–water partition coefficient (Wildman–Crippen LogP) is 3.82. The molecule has 2 heterocycles. The molecule has 0 amide bonds. The number of carbonyl (C=O) groups is 1. The second-order valence-electron chi connectivity index (χ2n) is 4.22. The molecule has 2 rings (SSSR count). The van der Waals surface area contributed by atoms with Gasteiger partial charge in [-0.2, -0.15) is 0 Å². The number of rotatable bonds is 4. The number of thiazole rings is 2. The van der Waals surface area contributed by atoms with E-state index in [0.717, 1.165) is 21.1 Å². The molecular formula is C13H17LiN2OS2. The number of nitrogens with zero attached hydrogens (tertiary/aromatic N) is 2. The van der Waals surface area contributed by atoms with Crippen LogP contribution in [0.25, 0.3) is 0 Å². The van der Waals surface area contributed by atoms with Crippen molar-refractivity contribution < 1.29 is 4.79 Å². The van der Waals surface area contributed by atoms with Crippen LogP contribution in [-0.4, -0.2) is 33.5 Å². The summed E-state index contributed by atoms with van der Waals surface area (Å²) < 4.78 is 0. The quantitative estimate of drug-likeness (QED) is 0.634. The first-order chi connectivity index (χ1) is 9.11. The Morgan fingerprint density at radius 3 is 1.84 bits per heavy atom. The van der Waals surface area contributed by atoms with E-state index in [9.17, 15) is 4.79 Å². The van der Waals surface area contributed by atoms with Crippen LogP contribution in [0, 0.1) is 13.8 Å². The molecule has 2 aromatic heterocycles. The number of hydrogen-bond donors (Lipinski definition) is 0. The number of ketones is 1. The van der Waals surface area contributed by atoms with Gasteiger partial charge in [-0.1, -0.05) is 0 Å². The average molecular weight is 288 g/mol. The standard InChI is InChI=1S/C9H8N2OS2.C4H9.Li/c1-5-8(13-3-10-5)7(12)9-6(2)11-4-14-9;1-3-4-2;/h3-4H,1-2H3;1,3-4H2,2H3;. The van der Waals surface area contributed by atoms with Crippen LogP contribution in [0.15, 0.2) is 11.0 Å². The Hall–Kier alpha value is -0.473. The van der Waals surface area contributed by atoms with E-state index in [1.54, 1.807) is 11.0 Å². The molecular weight excluding hydrogens is 271 g/mol. The van der Waals surface area contributed by atoms with Crippen LogP contribution in [0.4, 0.5) is 0 Å². The van der Waals surface area contributed by atoms with Crippen LogP contribution in [0.5, 0.6) is 0 Å². The van der Waals surface area contributed by atoms with E-state index in [1.165, 1.54) is 40.6 Å². The van der Waals surface area contributed by atoms with Crippen molar-refractivity contribution in [2.24, 2.45) is 0 Å². The summed E-state index contributed by atoms with van der Waals surface area (Å²) in [6, 6.07) is 0. The predicted molar refractivity (Wildman–Crippen MR) is 82.6 cm³/mol. The fourth-order valence-electron chi connectivity index (χ4n) is 1.50. The molecule has 0 atom stereocenters. The maximum atomic E-state index is 12.0. The topological polar surface area (TPSA) is 42.9 Å². The average Bonchev–Trinajstić information content (AvgIpc) is 2.99. The van der Waals surface area contributed by atoms with Crippen molar-refractivity contribution >= 4 is 46.2 Å². The number of carbonyl (C=O) groups excluding carboxylic acids is 1. The minimum atomic E-state index is 0.0463. The number of aromatic nitrogens is 2. The van der Waals surface area contributed by atoms with E-state index < -0.39 is 0 Å². The molecule has 3 nitrogen and oxygen atoms in total. The Morgan fingerprint density at radius 2 is 1.63 bits per heavy atom. The van der Waals surface area contributed by atoms with Gasteiger partial charge in [0.1, 0.15) is 0 Å². The van der Waals surface area contributed by atoms with Crippen LogP contribution >= 0.6 is 22.7 Å². The summed E-state index contributed by atoms with van der Waals surface area (Å²) in [5.41, 5.74) is 4.98. The zero-order valence-corrected chi connectivity index (χ0v) is 13.5. The molecule has 0 saturated carbocycles. The molecule has 0 aromatic carbocycles. The molecule has 0 aliphatic rings. The Kier molecular flexibility index (Phi) is 7.55. The molecule has 98 valence electrons. The molecule has 19 heavy (non-hydrogen) atoms. The Bertz CT molecular complexity index is 478. The molecule has 0 saturated heterocycles. The van der Waals surface area contributed by atoms with Crippen molar-refractivity contribution in [1.82, 2.24) is 9.97 Å². The van der Waals surface area contributed by atoms with Crippen molar-refractivity contribution in [1.29, 1.82) is 0 Å². The monoisotopic (exact) mass is 288 g/mol. The first kappa shape index (κ1) is 16.6. The molecule has 0 aliphatic heterocycles. The van der Waals surface area contributed by atoms with Crippen LogP contribution in [0.3, 0.4) is 0 Å². The van der Waals surface area contributed by atoms with Gasteiger partial charge in [0, 0.05) is 0 Å². The van der Waals surface area contributed by atoms with Gasteiger partial charge >= 0.3 is 42.6 Å². The van der Waals surface area contributed by atoms with Gasteiger partial charge < -0.3 is 0 Å². The van der Waals surface area contributed by atoms with Crippen molar-refractivity contribution in [3.05, 3.63) is 32.2 Å². The van der Waals surface area contributed by atoms with Crippen molar-refractivity contribution in [2.75, 3.05) is 0 Å². The van der Waals surface area contributed by atoms with Crippen molar-refractivity contribution in [2.45, 2.75) is 38.7 Å². The number of aryl methyl sites for hydroxylation is 2. The van der Waals surface area contributed by atoms with Gasteiger partial charge in [0.2, 0.25) is 5.78 Å². The Labute approximate surface area is 131 Å². The van der Waals surface area contributed by atoms with E-state index in [-0.39, 0.29) is 5.78 Å². The summed E-state index contributed by atoms with van der Waals surface area (Å²) >= 11 is 4.98.